The monoisotopic (exact) mass is 241 g/mol. The number of ketones is 2. The fraction of sp³-hybridized carbons (Fsp3) is 0.267. The summed E-state index contributed by atoms with van der Waals surface area (Å²) in [5.41, 5.74) is 0.538. The van der Waals surface area contributed by atoms with Gasteiger partial charge in [-0.1, -0.05) is 36.4 Å². The van der Waals surface area contributed by atoms with Crippen molar-refractivity contribution in [2.75, 3.05) is 0 Å². The third-order valence-electron chi connectivity index (χ3n) is 3.13. The SMILES string of the molecule is N=C(CC1CCC=CC1=O)C(=O)c1ccccc1. The van der Waals surface area contributed by atoms with E-state index in [9.17, 15) is 9.59 Å². The highest BCUT2D eigenvalue weighted by Crippen LogP contribution is 2.19. The van der Waals surface area contributed by atoms with Crippen LogP contribution < -0.4 is 0 Å². The maximum absolute atomic E-state index is 12.0. The standard InChI is InChI=1S/C15H15NO2/c16-13(10-12-8-4-5-9-14(12)17)15(18)11-6-2-1-3-7-11/h1-3,5-7,9,12,16H,4,8,10H2. The molecule has 0 spiro atoms. The summed E-state index contributed by atoms with van der Waals surface area (Å²) >= 11 is 0. The molecule has 2 rings (SSSR count). The van der Waals surface area contributed by atoms with Crippen LogP contribution in [0.3, 0.4) is 0 Å². The predicted molar refractivity (Wildman–Crippen MR) is 70.0 cm³/mol. The fourth-order valence-electron chi connectivity index (χ4n) is 2.08. The Morgan fingerprint density at radius 1 is 1.28 bits per heavy atom. The van der Waals surface area contributed by atoms with Gasteiger partial charge in [-0.15, -0.1) is 0 Å². The van der Waals surface area contributed by atoms with Crippen LogP contribution in [0.4, 0.5) is 0 Å². The molecule has 0 radical (unpaired) electrons. The van der Waals surface area contributed by atoms with Crippen LogP contribution in [0.15, 0.2) is 42.5 Å². The fourth-order valence-corrected chi connectivity index (χ4v) is 2.08. The highest BCUT2D eigenvalue weighted by atomic mass is 16.1. The molecule has 0 heterocycles. The molecule has 0 bridgehead atoms. The summed E-state index contributed by atoms with van der Waals surface area (Å²) in [5.74, 6) is -0.444. The lowest BCUT2D eigenvalue weighted by atomic mass is 9.87. The van der Waals surface area contributed by atoms with Gasteiger partial charge in [-0.3, -0.25) is 9.59 Å². The van der Waals surface area contributed by atoms with E-state index in [1.165, 1.54) is 0 Å². The Bertz CT molecular complexity index is 502. The van der Waals surface area contributed by atoms with Crippen molar-refractivity contribution >= 4 is 17.3 Å². The van der Waals surface area contributed by atoms with E-state index in [1.54, 1.807) is 30.3 Å². The van der Waals surface area contributed by atoms with Gasteiger partial charge in [0.25, 0.3) is 0 Å². The van der Waals surface area contributed by atoms with Crippen molar-refractivity contribution in [3.63, 3.8) is 0 Å². The number of hydrogen-bond acceptors (Lipinski definition) is 3. The van der Waals surface area contributed by atoms with Crippen molar-refractivity contribution < 1.29 is 9.59 Å². The van der Waals surface area contributed by atoms with Gasteiger partial charge in [0.1, 0.15) is 0 Å². The molecular weight excluding hydrogens is 226 g/mol. The Kier molecular flexibility index (Phi) is 3.82. The van der Waals surface area contributed by atoms with Gasteiger partial charge < -0.3 is 5.41 Å². The maximum atomic E-state index is 12.0. The quantitative estimate of drug-likeness (QED) is 0.651. The van der Waals surface area contributed by atoms with Crippen LogP contribution in [0.5, 0.6) is 0 Å². The number of carbonyl (C=O) groups excluding carboxylic acids is 2. The lowest BCUT2D eigenvalue weighted by molar-refractivity contribution is -0.118. The van der Waals surface area contributed by atoms with Crippen LogP contribution in [0.2, 0.25) is 0 Å². The van der Waals surface area contributed by atoms with Crippen molar-refractivity contribution in [1.29, 1.82) is 5.41 Å². The van der Waals surface area contributed by atoms with Crippen LogP contribution in [0, 0.1) is 11.3 Å². The maximum Gasteiger partial charge on any atom is 0.206 e. The lowest BCUT2D eigenvalue weighted by Crippen LogP contribution is -2.23. The molecule has 1 atom stereocenters. The molecule has 3 heteroatoms. The second-order valence-corrected chi connectivity index (χ2v) is 4.46. The average molecular weight is 241 g/mol. The van der Waals surface area contributed by atoms with Crippen molar-refractivity contribution in [2.24, 2.45) is 5.92 Å². The summed E-state index contributed by atoms with van der Waals surface area (Å²) in [6.07, 6.45) is 5.25. The first-order chi connectivity index (χ1) is 8.68. The number of carbonyl (C=O) groups is 2. The number of hydrogen-bond donors (Lipinski definition) is 1. The van der Waals surface area contributed by atoms with E-state index in [0.29, 0.717) is 5.56 Å². The van der Waals surface area contributed by atoms with Gasteiger partial charge in [0.2, 0.25) is 5.78 Å². The van der Waals surface area contributed by atoms with Crippen molar-refractivity contribution in [2.45, 2.75) is 19.3 Å². The summed E-state index contributed by atoms with van der Waals surface area (Å²) in [5, 5.41) is 7.83. The molecule has 3 nitrogen and oxygen atoms in total. The molecule has 0 amide bonds. The molecule has 1 unspecified atom stereocenters. The van der Waals surface area contributed by atoms with E-state index in [4.69, 9.17) is 5.41 Å². The molecule has 1 N–H and O–H groups in total. The lowest BCUT2D eigenvalue weighted by Gasteiger charge is -2.16. The minimum Gasteiger partial charge on any atom is -0.301 e. The number of Topliss-reactive ketones (excluding diaryl/α,β-unsaturated/α-hetero) is 1. The minimum absolute atomic E-state index is 0.0230. The molecule has 0 fully saturated rings. The largest absolute Gasteiger partial charge is 0.301 e. The van der Waals surface area contributed by atoms with Gasteiger partial charge in [-0.25, -0.2) is 0 Å². The first-order valence-corrected chi connectivity index (χ1v) is 6.06. The van der Waals surface area contributed by atoms with E-state index in [-0.39, 0.29) is 29.6 Å². The summed E-state index contributed by atoms with van der Waals surface area (Å²) in [7, 11) is 0. The Labute approximate surface area is 106 Å². The Hall–Kier alpha value is -2.03. The van der Waals surface area contributed by atoms with E-state index in [0.717, 1.165) is 12.8 Å². The number of rotatable bonds is 4. The Balaban J connectivity index is 2.02. The zero-order valence-corrected chi connectivity index (χ0v) is 10.1. The van der Waals surface area contributed by atoms with Crippen molar-refractivity contribution in [1.82, 2.24) is 0 Å². The second kappa shape index (κ2) is 5.54. The molecule has 0 saturated carbocycles. The summed E-state index contributed by atoms with van der Waals surface area (Å²) in [4.78, 5) is 23.6. The van der Waals surface area contributed by atoms with Gasteiger partial charge in [0.05, 0.1) is 5.71 Å². The highest BCUT2D eigenvalue weighted by molar-refractivity contribution is 6.45. The van der Waals surface area contributed by atoms with Crippen LogP contribution in [0.1, 0.15) is 29.6 Å². The van der Waals surface area contributed by atoms with Gasteiger partial charge in [-0.05, 0) is 18.9 Å². The number of benzene rings is 1. The molecule has 0 saturated heterocycles. The number of nitrogens with one attached hydrogen (secondary N) is 1. The van der Waals surface area contributed by atoms with E-state index in [2.05, 4.69) is 0 Å². The molecule has 1 aliphatic rings. The number of allylic oxidation sites excluding steroid dienone is 2. The van der Waals surface area contributed by atoms with Gasteiger partial charge >= 0.3 is 0 Å². The summed E-state index contributed by atoms with van der Waals surface area (Å²) in [6, 6.07) is 8.76. The van der Waals surface area contributed by atoms with Crippen LogP contribution in [-0.4, -0.2) is 17.3 Å². The molecule has 1 aliphatic carbocycles. The Morgan fingerprint density at radius 3 is 2.67 bits per heavy atom. The topological polar surface area (TPSA) is 58.0 Å². The van der Waals surface area contributed by atoms with Gasteiger partial charge in [-0.2, -0.15) is 0 Å². The predicted octanol–water partition coefficient (Wildman–Crippen LogP) is 2.81. The van der Waals surface area contributed by atoms with E-state index >= 15 is 0 Å². The normalized spacial score (nSPS) is 18.7. The molecule has 1 aromatic rings. The molecule has 0 aromatic heterocycles. The second-order valence-electron chi connectivity index (χ2n) is 4.46. The van der Waals surface area contributed by atoms with Crippen LogP contribution >= 0.6 is 0 Å². The van der Waals surface area contributed by atoms with Crippen LogP contribution in [-0.2, 0) is 4.79 Å². The van der Waals surface area contributed by atoms with Crippen LogP contribution in [0.25, 0.3) is 0 Å². The molecule has 18 heavy (non-hydrogen) atoms. The van der Waals surface area contributed by atoms with Gasteiger partial charge in [0, 0.05) is 17.9 Å². The highest BCUT2D eigenvalue weighted by Gasteiger charge is 2.23. The summed E-state index contributed by atoms with van der Waals surface area (Å²) < 4.78 is 0. The molecule has 0 aliphatic heterocycles. The smallest absolute Gasteiger partial charge is 0.206 e. The first kappa shape index (κ1) is 12.4. The van der Waals surface area contributed by atoms with E-state index < -0.39 is 0 Å². The first-order valence-electron chi connectivity index (χ1n) is 6.06. The third kappa shape index (κ3) is 2.80. The van der Waals surface area contributed by atoms with Crippen molar-refractivity contribution in [3.8, 4) is 0 Å². The molecular formula is C15H15NO2. The minimum atomic E-state index is -0.280. The van der Waals surface area contributed by atoms with Crippen molar-refractivity contribution in [3.05, 3.63) is 48.0 Å². The Morgan fingerprint density at radius 2 is 2.00 bits per heavy atom. The zero-order chi connectivity index (χ0) is 13.0. The van der Waals surface area contributed by atoms with E-state index in [1.807, 2.05) is 12.1 Å². The van der Waals surface area contributed by atoms with Gasteiger partial charge in [0.15, 0.2) is 5.78 Å². The molecule has 1 aromatic carbocycles. The zero-order valence-electron chi connectivity index (χ0n) is 10.1. The average Bonchev–Trinajstić information content (AvgIpc) is 2.41. The third-order valence-corrected chi connectivity index (χ3v) is 3.13. The molecule has 92 valence electrons. The summed E-state index contributed by atoms with van der Waals surface area (Å²) in [6.45, 7) is 0.